The highest BCUT2D eigenvalue weighted by Gasteiger charge is 2.44. The van der Waals surface area contributed by atoms with E-state index in [0.29, 0.717) is 5.82 Å². The van der Waals surface area contributed by atoms with Crippen molar-refractivity contribution >= 4 is 0 Å². The Kier molecular flexibility index (Phi) is 4.28. The van der Waals surface area contributed by atoms with Crippen molar-refractivity contribution in [2.45, 2.75) is 11.7 Å². The van der Waals surface area contributed by atoms with Crippen LogP contribution in [0.2, 0.25) is 0 Å². The van der Waals surface area contributed by atoms with Gasteiger partial charge in [0.05, 0.1) is 0 Å². The molecule has 0 amide bonds. The van der Waals surface area contributed by atoms with Crippen LogP contribution < -0.4 is 0 Å². The Morgan fingerprint density at radius 1 is 1.00 bits per heavy atom. The summed E-state index contributed by atoms with van der Waals surface area (Å²) in [5, 5.41) is 11.2. The molecule has 1 N–H and O–H groups in total. The van der Waals surface area contributed by atoms with Crippen LogP contribution >= 0.6 is 0 Å². The van der Waals surface area contributed by atoms with Crippen molar-refractivity contribution < 1.29 is 9.84 Å². The average Bonchev–Trinajstić information content (AvgIpc) is 3.04. The Hall–Kier alpha value is -2.43. The van der Waals surface area contributed by atoms with Gasteiger partial charge in [-0.25, -0.2) is 4.98 Å². The second-order valence-corrected chi connectivity index (χ2v) is 5.47. The first-order chi connectivity index (χ1) is 11.2. The zero-order valence-corrected chi connectivity index (χ0v) is 13.3. The molecule has 4 nitrogen and oxygen atoms in total. The van der Waals surface area contributed by atoms with Gasteiger partial charge < -0.3 is 14.4 Å². The summed E-state index contributed by atoms with van der Waals surface area (Å²) in [6.45, 7) is 0. The molecule has 1 unspecified atom stereocenters. The van der Waals surface area contributed by atoms with Gasteiger partial charge in [-0.15, -0.1) is 0 Å². The van der Waals surface area contributed by atoms with Gasteiger partial charge in [0, 0.05) is 26.6 Å². The number of aliphatic hydroxyl groups is 1. The summed E-state index contributed by atoms with van der Waals surface area (Å²) >= 11 is 0. The lowest BCUT2D eigenvalue weighted by atomic mass is 9.81. The minimum absolute atomic E-state index is 0.555. The fourth-order valence-electron chi connectivity index (χ4n) is 3.02. The Bertz CT molecular complexity index is 714. The zero-order chi connectivity index (χ0) is 16.3. The summed E-state index contributed by atoms with van der Waals surface area (Å²) in [5.41, 5.74) is 0.732. The number of methoxy groups -OCH3 is 1. The second kappa shape index (κ2) is 6.36. The van der Waals surface area contributed by atoms with Gasteiger partial charge in [-0.05, 0) is 11.1 Å². The quantitative estimate of drug-likeness (QED) is 0.788. The minimum Gasteiger partial charge on any atom is -0.381 e. The highest BCUT2D eigenvalue weighted by molar-refractivity contribution is 5.39. The van der Waals surface area contributed by atoms with E-state index in [1.807, 2.05) is 78.5 Å². The van der Waals surface area contributed by atoms with Crippen molar-refractivity contribution in [1.82, 2.24) is 9.55 Å². The maximum atomic E-state index is 11.2. The van der Waals surface area contributed by atoms with Gasteiger partial charge in [0.15, 0.2) is 5.60 Å². The number of benzene rings is 2. The molecule has 2 aromatic carbocycles. The minimum atomic E-state index is -1.03. The number of nitrogens with zero attached hydrogens (tertiary/aromatic N) is 2. The number of rotatable bonds is 5. The number of ether oxygens (including phenoxy) is 1. The third kappa shape index (κ3) is 2.56. The third-order valence-electron chi connectivity index (χ3n) is 4.22. The standard InChI is InChI=1S/C19H20N2O2/c1-21-14-13-20-18(21)17(22)19(23-2,15-9-5-3-6-10-15)16-11-7-4-8-12-16/h3-14,17,22H,1-2H3. The molecule has 0 aliphatic heterocycles. The summed E-state index contributed by atoms with van der Waals surface area (Å²) in [5.74, 6) is 0.555. The second-order valence-electron chi connectivity index (χ2n) is 5.47. The van der Waals surface area contributed by atoms with Gasteiger partial charge in [-0.1, -0.05) is 60.7 Å². The van der Waals surface area contributed by atoms with Crippen molar-refractivity contribution in [3.63, 3.8) is 0 Å². The van der Waals surface area contributed by atoms with Crippen molar-refractivity contribution in [3.05, 3.63) is 90.0 Å². The predicted octanol–water partition coefficient (Wildman–Crippen LogP) is 3.04. The molecule has 0 radical (unpaired) electrons. The maximum absolute atomic E-state index is 11.2. The van der Waals surface area contributed by atoms with Gasteiger partial charge in [0.1, 0.15) is 11.9 Å². The monoisotopic (exact) mass is 308 g/mol. The first kappa shape index (κ1) is 15.5. The van der Waals surface area contributed by atoms with Crippen molar-refractivity contribution in [2.75, 3.05) is 7.11 Å². The molecule has 118 valence electrons. The number of hydrogen-bond acceptors (Lipinski definition) is 3. The average molecular weight is 308 g/mol. The lowest BCUT2D eigenvalue weighted by Crippen LogP contribution is -2.38. The van der Waals surface area contributed by atoms with Gasteiger partial charge in [-0.3, -0.25) is 0 Å². The van der Waals surface area contributed by atoms with Gasteiger partial charge in [0.2, 0.25) is 0 Å². The lowest BCUT2D eigenvalue weighted by molar-refractivity contribution is -0.0863. The SMILES string of the molecule is COC(c1ccccc1)(c1ccccc1)C(O)c1nccn1C. The number of aliphatic hydroxyl groups excluding tert-OH is 1. The smallest absolute Gasteiger partial charge is 0.151 e. The third-order valence-corrected chi connectivity index (χ3v) is 4.22. The van der Waals surface area contributed by atoms with Crippen LogP contribution in [0.1, 0.15) is 23.1 Å². The van der Waals surface area contributed by atoms with Crippen LogP contribution in [0.4, 0.5) is 0 Å². The molecule has 1 aromatic heterocycles. The topological polar surface area (TPSA) is 47.3 Å². The molecular formula is C19H20N2O2. The highest BCUT2D eigenvalue weighted by atomic mass is 16.5. The summed E-state index contributed by atoms with van der Waals surface area (Å²) in [6.07, 6.45) is 2.54. The zero-order valence-electron chi connectivity index (χ0n) is 13.3. The summed E-state index contributed by atoms with van der Waals surface area (Å²) < 4.78 is 7.76. The Morgan fingerprint density at radius 2 is 1.52 bits per heavy atom. The highest BCUT2D eigenvalue weighted by Crippen LogP contribution is 2.43. The van der Waals surface area contributed by atoms with Gasteiger partial charge in [-0.2, -0.15) is 0 Å². The molecule has 0 fully saturated rings. The van der Waals surface area contributed by atoms with E-state index < -0.39 is 11.7 Å². The van der Waals surface area contributed by atoms with Crippen LogP contribution in [0, 0.1) is 0 Å². The lowest BCUT2D eigenvalue weighted by Gasteiger charge is -2.37. The van der Waals surface area contributed by atoms with Crippen LogP contribution in [0.5, 0.6) is 0 Å². The number of aryl methyl sites for hydroxylation is 1. The fraction of sp³-hybridized carbons (Fsp3) is 0.211. The predicted molar refractivity (Wildman–Crippen MR) is 88.8 cm³/mol. The van der Waals surface area contributed by atoms with E-state index in [-0.39, 0.29) is 0 Å². The Balaban J connectivity index is 2.23. The molecular weight excluding hydrogens is 288 g/mol. The van der Waals surface area contributed by atoms with Crippen LogP contribution in [0.15, 0.2) is 73.1 Å². The molecule has 1 atom stereocenters. The van der Waals surface area contributed by atoms with Crippen molar-refractivity contribution in [2.24, 2.45) is 7.05 Å². The van der Waals surface area contributed by atoms with E-state index in [4.69, 9.17) is 4.74 Å². The summed E-state index contributed by atoms with van der Waals surface area (Å²) in [7, 11) is 3.48. The maximum Gasteiger partial charge on any atom is 0.151 e. The normalized spacial score (nSPS) is 13.0. The molecule has 0 saturated heterocycles. The molecule has 0 aliphatic rings. The van der Waals surface area contributed by atoms with Gasteiger partial charge >= 0.3 is 0 Å². The summed E-state index contributed by atoms with van der Waals surface area (Å²) in [6, 6.07) is 19.5. The molecule has 3 rings (SSSR count). The van der Waals surface area contributed by atoms with E-state index in [1.165, 1.54) is 0 Å². The molecule has 23 heavy (non-hydrogen) atoms. The van der Waals surface area contributed by atoms with E-state index in [0.717, 1.165) is 11.1 Å². The van der Waals surface area contributed by atoms with Crippen LogP contribution in [-0.4, -0.2) is 21.8 Å². The fourth-order valence-corrected chi connectivity index (χ4v) is 3.02. The van der Waals surface area contributed by atoms with E-state index in [9.17, 15) is 5.11 Å². The van der Waals surface area contributed by atoms with E-state index in [1.54, 1.807) is 13.3 Å². The van der Waals surface area contributed by atoms with Crippen LogP contribution in [0.25, 0.3) is 0 Å². The largest absolute Gasteiger partial charge is 0.381 e. The molecule has 0 saturated carbocycles. The number of aromatic nitrogens is 2. The van der Waals surface area contributed by atoms with Crippen LogP contribution in [-0.2, 0) is 17.4 Å². The molecule has 0 spiro atoms. The molecule has 0 aliphatic carbocycles. The molecule has 4 heteroatoms. The van der Waals surface area contributed by atoms with Crippen LogP contribution in [0.3, 0.4) is 0 Å². The van der Waals surface area contributed by atoms with Gasteiger partial charge in [0.25, 0.3) is 0 Å². The summed E-state index contributed by atoms with van der Waals surface area (Å²) in [4.78, 5) is 4.31. The first-order valence-corrected chi connectivity index (χ1v) is 7.51. The number of hydrogen-bond donors (Lipinski definition) is 1. The Morgan fingerprint density at radius 3 is 1.91 bits per heavy atom. The van der Waals surface area contributed by atoms with Crippen molar-refractivity contribution in [1.29, 1.82) is 0 Å². The molecule has 0 bridgehead atoms. The number of imidazole rings is 1. The molecule has 1 heterocycles. The Labute approximate surface area is 136 Å². The van der Waals surface area contributed by atoms with E-state index >= 15 is 0 Å². The van der Waals surface area contributed by atoms with Crippen molar-refractivity contribution in [3.8, 4) is 0 Å². The first-order valence-electron chi connectivity index (χ1n) is 7.51. The van der Waals surface area contributed by atoms with E-state index in [2.05, 4.69) is 4.98 Å². The molecule has 3 aromatic rings.